The predicted molar refractivity (Wildman–Crippen MR) is 60.4 cm³/mol. The van der Waals surface area contributed by atoms with Crippen molar-refractivity contribution >= 4 is 5.91 Å². The van der Waals surface area contributed by atoms with Gasteiger partial charge in [-0.1, -0.05) is 0 Å². The highest BCUT2D eigenvalue weighted by Gasteiger charge is 2.34. The molecule has 0 aromatic rings. The van der Waals surface area contributed by atoms with Gasteiger partial charge in [0.05, 0.1) is 27.2 Å². The number of hydrogen-bond donors (Lipinski definition) is 0. The molecular formula is C12H23N2O+. The van der Waals surface area contributed by atoms with E-state index in [1.54, 1.807) is 0 Å². The maximum Gasteiger partial charge on any atom is 0.222 e. The van der Waals surface area contributed by atoms with Gasteiger partial charge in [0.25, 0.3) is 0 Å². The fourth-order valence-electron chi connectivity index (χ4n) is 2.90. The van der Waals surface area contributed by atoms with Gasteiger partial charge in [-0.05, 0) is 19.3 Å². The zero-order chi connectivity index (χ0) is 10.9. The third kappa shape index (κ3) is 2.33. The molecule has 2 aliphatic rings. The molecule has 0 radical (unpaired) electrons. The van der Waals surface area contributed by atoms with Crippen LogP contribution in [0.25, 0.3) is 0 Å². The van der Waals surface area contributed by atoms with E-state index in [1.807, 2.05) is 0 Å². The van der Waals surface area contributed by atoms with E-state index in [0.29, 0.717) is 11.9 Å². The normalized spacial score (nSPS) is 30.9. The van der Waals surface area contributed by atoms with Gasteiger partial charge in [0, 0.05) is 19.4 Å². The van der Waals surface area contributed by atoms with Gasteiger partial charge < -0.3 is 9.38 Å². The van der Waals surface area contributed by atoms with Gasteiger partial charge in [0.1, 0.15) is 6.04 Å². The summed E-state index contributed by atoms with van der Waals surface area (Å²) < 4.78 is 1.10. The lowest BCUT2D eigenvalue weighted by Crippen LogP contribution is -2.56. The zero-order valence-corrected chi connectivity index (χ0v) is 10.0. The number of carbonyl (C=O) groups is 1. The minimum Gasteiger partial charge on any atom is -0.337 e. The van der Waals surface area contributed by atoms with Crippen molar-refractivity contribution in [3.8, 4) is 0 Å². The van der Waals surface area contributed by atoms with Crippen molar-refractivity contribution in [3.05, 3.63) is 0 Å². The first-order valence-corrected chi connectivity index (χ1v) is 6.20. The van der Waals surface area contributed by atoms with Crippen LogP contribution < -0.4 is 0 Å². The molecule has 0 saturated carbocycles. The van der Waals surface area contributed by atoms with Crippen molar-refractivity contribution in [3.63, 3.8) is 0 Å². The Morgan fingerprint density at radius 2 is 2.13 bits per heavy atom. The topological polar surface area (TPSA) is 20.3 Å². The van der Waals surface area contributed by atoms with Crippen LogP contribution in [0.1, 0.15) is 32.1 Å². The molecule has 1 atom stereocenters. The van der Waals surface area contributed by atoms with Gasteiger partial charge in [0.15, 0.2) is 0 Å². The van der Waals surface area contributed by atoms with E-state index < -0.39 is 0 Å². The molecule has 3 nitrogen and oxygen atoms in total. The molecule has 3 heteroatoms. The third-order valence-electron chi connectivity index (χ3n) is 4.11. The number of hydrogen-bond acceptors (Lipinski definition) is 1. The van der Waals surface area contributed by atoms with E-state index in [2.05, 4.69) is 19.0 Å². The Bertz CT molecular complexity index is 250. The highest BCUT2D eigenvalue weighted by atomic mass is 16.2. The van der Waals surface area contributed by atoms with Crippen LogP contribution in [0.15, 0.2) is 0 Å². The van der Waals surface area contributed by atoms with Crippen LogP contribution in [-0.2, 0) is 4.79 Å². The number of nitrogens with zero attached hydrogens (tertiary/aromatic N) is 2. The molecule has 0 aliphatic carbocycles. The van der Waals surface area contributed by atoms with Gasteiger partial charge in [-0.2, -0.15) is 0 Å². The summed E-state index contributed by atoms with van der Waals surface area (Å²) in [4.78, 5) is 13.7. The second kappa shape index (κ2) is 4.12. The molecular weight excluding hydrogens is 188 g/mol. The molecule has 1 unspecified atom stereocenters. The summed E-state index contributed by atoms with van der Waals surface area (Å²) in [7, 11) is 4.62. The summed E-state index contributed by atoms with van der Waals surface area (Å²) in [6, 6.07) is 0.667. The second-order valence-corrected chi connectivity index (χ2v) is 5.60. The fraction of sp³-hybridized carbons (Fsp3) is 0.917. The van der Waals surface area contributed by atoms with Crippen molar-refractivity contribution in [2.45, 2.75) is 38.1 Å². The smallest absolute Gasteiger partial charge is 0.222 e. The van der Waals surface area contributed by atoms with Crippen molar-refractivity contribution < 1.29 is 9.28 Å². The highest BCUT2D eigenvalue weighted by Crippen LogP contribution is 2.23. The third-order valence-corrected chi connectivity index (χ3v) is 4.11. The van der Waals surface area contributed by atoms with Crippen LogP contribution in [-0.4, -0.2) is 55.1 Å². The summed E-state index contributed by atoms with van der Waals surface area (Å²) in [5.74, 6) is 0.376. The van der Waals surface area contributed by atoms with Crippen LogP contribution in [0.3, 0.4) is 0 Å². The largest absolute Gasteiger partial charge is 0.337 e. The van der Waals surface area contributed by atoms with Crippen LogP contribution in [0.4, 0.5) is 0 Å². The molecule has 0 aromatic heterocycles. The van der Waals surface area contributed by atoms with Crippen LogP contribution in [0.2, 0.25) is 0 Å². The van der Waals surface area contributed by atoms with Gasteiger partial charge >= 0.3 is 0 Å². The van der Waals surface area contributed by atoms with E-state index in [9.17, 15) is 4.79 Å². The SMILES string of the molecule is C[N+]1(C)CCCCC1CN1CCCC1=O. The molecule has 15 heavy (non-hydrogen) atoms. The first kappa shape index (κ1) is 10.9. The minimum absolute atomic E-state index is 0.376. The number of likely N-dealkylation sites (tertiary alicyclic amines) is 2. The average Bonchev–Trinajstić information content (AvgIpc) is 2.56. The Hall–Kier alpha value is -0.570. The molecule has 2 heterocycles. The van der Waals surface area contributed by atoms with Crippen molar-refractivity contribution in [2.24, 2.45) is 0 Å². The molecule has 2 saturated heterocycles. The Morgan fingerprint density at radius 1 is 1.33 bits per heavy atom. The molecule has 0 spiro atoms. The van der Waals surface area contributed by atoms with Crippen molar-refractivity contribution in [1.29, 1.82) is 0 Å². The first-order valence-electron chi connectivity index (χ1n) is 6.20. The van der Waals surface area contributed by atoms with E-state index in [0.717, 1.165) is 30.4 Å². The summed E-state index contributed by atoms with van der Waals surface area (Å²) >= 11 is 0. The van der Waals surface area contributed by atoms with Gasteiger partial charge in [-0.3, -0.25) is 4.79 Å². The molecule has 0 aromatic carbocycles. The van der Waals surface area contributed by atoms with E-state index >= 15 is 0 Å². The van der Waals surface area contributed by atoms with E-state index in [4.69, 9.17) is 0 Å². The lowest BCUT2D eigenvalue weighted by molar-refractivity contribution is -0.919. The average molecular weight is 211 g/mol. The fourth-order valence-corrected chi connectivity index (χ4v) is 2.90. The number of amides is 1. The summed E-state index contributed by atoms with van der Waals surface area (Å²) in [5, 5.41) is 0. The Kier molecular flexibility index (Phi) is 3.01. The molecule has 86 valence electrons. The molecule has 1 amide bonds. The molecule has 2 aliphatic heterocycles. The predicted octanol–water partition coefficient (Wildman–Crippen LogP) is 1.24. The molecule has 0 N–H and O–H groups in total. The Labute approximate surface area is 92.6 Å². The van der Waals surface area contributed by atoms with Gasteiger partial charge in [-0.15, -0.1) is 0 Å². The summed E-state index contributed by atoms with van der Waals surface area (Å²) in [5.41, 5.74) is 0. The van der Waals surface area contributed by atoms with Crippen LogP contribution in [0.5, 0.6) is 0 Å². The molecule has 0 bridgehead atoms. The van der Waals surface area contributed by atoms with Crippen molar-refractivity contribution in [1.82, 2.24) is 4.90 Å². The Balaban J connectivity index is 1.94. The number of quaternary nitrogens is 1. The highest BCUT2D eigenvalue weighted by molar-refractivity contribution is 5.78. The number of piperidine rings is 1. The second-order valence-electron chi connectivity index (χ2n) is 5.60. The summed E-state index contributed by atoms with van der Waals surface area (Å²) in [6.45, 7) is 3.26. The number of carbonyl (C=O) groups excluding carboxylic acids is 1. The lowest BCUT2D eigenvalue weighted by Gasteiger charge is -2.43. The maximum atomic E-state index is 11.6. The maximum absolute atomic E-state index is 11.6. The Morgan fingerprint density at radius 3 is 2.73 bits per heavy atom. The number of rotatable bonds is 2. The van der Waals surface area contributed by atoms with E-state index in [-0.39, 0.29) is 0 Å². The summed E-state index contributed by atoms with van der Waals surface area (Å²) in [6.07, 6.45) is 5.82. The molecule has 2 rings (SSSR count). The molecule has 2 fully saturated rings. The monoisotopic (exact) mass is 211 g/mol. The first-order chi connectivity index (χ1) is 7.09. The van der Waals surface area contributed by atoms with Crippen LogP contribution in [0, 0.1) is 0 Å². The van der Waals surface area contributed by atoms with E-state index in [1.165, 1.54) is 25.8 Å². The minimum atomic E-state index is 0.376. The quantitative estimate of drug-likeness (QED) is 0.629. The van der Waals surface area contributed by atoms with Crippen molar-refractivity contribution in [2.75, 3.05) is 33.7 Å². The standard InChI is InChI=1S/C12H23N2O/c1-14(2)9-4-3-6-11(14)10-13-8-5-7-12(13)15/h11H,3-10H2,1-2H3/q+1. The number of likely N-dealkylation sites (N-methyl/N-ethyl adjacent to an activating group) is 1. The van der Waals surface area contributed by atoms with Gasteiger partial charge in [0.2, 0.25) is 5.91 Å². The van der Waals surface area contributed by atoms with Gasteiger partial charge in [-0.25, -0.2) is 0 Å². The van der Waals surface area contributed by atoms with Crippen LogP contribution >= 0.6 is 0 Å². The zero-order valence-electron chi connectivity index (χ0n) is 10.0. The lowest BCUT2D eigenvalue weighted by atomic mass is 10.00.